The largest absolute Gasteiger partial charge is 0.372 e. The quantitative estimate of drug-likeness (QED) is 0.851. The van der Waals surface area contributed by atoms with E-state index in [0.717, 1.165) is 19.4 Å². The molecule has 0 radical (unpaired) electrons. The molecule has 6 heteroatoms. The molecule has 0 aliphatic carbocycles. The van der Waals surface area contributed by atoms with Crippen molar-refractivity contribution < 1.29 is 9.59 Å². The van der Waals surface area contributed by atoms with Gasteiger partial charge in [-0.3, -0.25) is 4.79 Å². The highest BCUT2D eigenvalue weighted by Crippen LogP contribution is 2.28. The van der Waals surface area contributed by atoms with Crippen LogP contribution in [0.25, 0.3) is 0 Å². The Morgan fingerprint density at radius 1 is 1.21 bits per heavy atom. The normalized spacial score (nSPS) is 24.3. The summed E-state index contributed by atoms with van der Waals surface area (Å²) >= 11 is 0. The van der Waals surface area contributed by atoms with Gasteiger partial charge in [0.1, 0.15) is 0 Å². The van der Waals surface area contributed by atoms with Gasteiger partial charge >= 0.3 is 6.03 Å². The number of fused-ring (bicyclic) bond motifs is 1. The van der Waals surface area contributed by atoms with E-state index in [9.17, 15) is 9.59 Å². The molecule has 2 aliphatic heterocycles. The van der Waals surface area contributed by atoms with Crippen molar-refractivity contribution in [3.05, 3.63) is 29.8 Å². The van der Waals surface area contributed by atoms with E-state index in [1.807, 2.05) is 17.0 Å². The minimum absolute atomic E-state index is 0.124. The Balaban J connectivity index is 1.80. The first-order valence-electron chi connectivity index (χ1n) is 8.61. The second-order valence-corrected chi connectivity index (χ2v) is 6.95. The lowest BCUT2D eigenvalue weighted by atomic mass is 9.96. The minimum atomic E-state index is -0.429. The lowest BCUT2D eigenvalue weighted by Crippen LogP contribution is -2.50. The number of primary amides is 1. The first-order valence-corrected chi connectivity index (χ1v) is 8.61. The number of amides is 3. The molecule has 2 N–H and O–H groups in total. The summed E-state index contributed by atoms with van der Waals surface area (Å²) in [4.78, 5) is 30.3. The fourth-order valence-electron chi connectivity index (χ4n) is 3.86. The van der Waals surface area contributed by atoms with Crippen molar-refractivity contribution in [3.63, 3.8) is 0 Å². The Labute approximate surface area is 143 Å². The van der Waals surface area contributed by atoms with Crippen molar-refractivity contribution >= 4 is 17.6 Å². The molecule has 0 bridgehead atoms. The smallest absolute Gasteiger partial charge is 0.314 e. The lowest BCUT2D eigenvalue weighted by Gasteiger charge is -2.36. The maximum atomic E-state index is 13.1. The second kappa shape index (κ2) is 6.71. The van der Waals surface area contributed by atoms with E-state index in [-0.39, 0.29) is 17.9 Å². The highest BCUT2D eigenvalue weighted by molar-refractivity contribution is 5.81. The van der Waals surface area contributed by atoms with E-state index in [0.29, 0.717) is 19.6 Å². The van der Waals surface area contributed by atoms with Gasteiger partial charge < -0.3 is 20.4 Å². The van der Waals surface area contributed by atoms with Crippen LogP contribution in [0.5, 0.6) is 0 Å². The predicted octanol–water partition coefficient (Wildman–Crippen LogP) is 1.64. The molecule has 0 saturated carbocycles. The number of carbonyl (C=O) groups is 2. The van der Waals surface area contributed by atoms with Crippen LogP contribution in [-0.2, 0) is 11.3 Å². The van der Waals surface area contributed by atoms with E-state index >= 15 is 0 Å². The summed E-state index contributed by atoms with van der Waals surface area (Å²) < 4.78 is 0. The SMILES string of the molecule is C[C@H]1CN(C)c2ccccc2CN1C(=O)[C@@H]1CCCN(C(N)=O)C1. The fourth-order valence-corrected chi connectivity index (χ4v) is 3.86. The average Bonchev–Trinajstić information content (AvgIpc) is 2.71. The molecule has 1 fully saturated rings. The van der Waals surface area contributed by atoms with Crippen LogP contribution < -0.4 is 10.6 Å². The molecular weight excluding hydrogens is 304 g/mol. The Morgan fingerprint density at radius 2 is 1.96 bits per heavy atom. The number of carbonyl (C=O) groups excluding carboxylic acids is 2. The number of hydrogen-bond donors (Lipinski definition) is 1. The topological polar surface area (TPSA) is 69.9 Å². The molecule has 0 aromatic heterocycles. The number of benzene rings is 1. The molecule has 6 nitrogen and oxygen atoms in total. The van der Waals surface area contributed by atoms with E-state index in [2.05, 4.69) is 31.0 Å². The molecule has 3 rings (SSSR count). The number of nitrogens with zero attached hydrogens (tertiary/aromatic N) is 3. The van der Waals surface area contributed by atoms with Crippen molar-refractivity contribution in [2.45, 2.75) is 32.4 Å². The number of para-hydroxylation sites is 1. The first-order chi connectivity index (χ1) is 11.5. The number of likely N-dealkylation sites (N-methyl/N-ethyl adjacent to an activating group) is 1. The molecular formula is C18H26N4O2. The van der Waals surface area contributed by atoms with Crippen LogP contribution >= 0.6 is 0 Å². The van der Waals surface area contributed by atoms with Gasteiger partial charge in [0.25, 0.3) is 0 Å². The molecule has 1 saturated heterocycles. The highest BCUT2D eigenvalue weighted by atomic mass is 16.2. The zero-order valence-corrected chi connectivity index (χ0v) is 14.4. The molecule has 0 spiro atoms. The number of piperidine rings is 1. The van der Waals surface area contributed by atoms with Crippen LogP contribution in [0, 0.1) is 5.92 Å². The summed E-state index contributed by atoms with van der Waals surface area (Å²) in [5, 5.41) is 0. The van der Waals surface area contributed by atoms with Crippen LogP contribution in [0.3, 0.4) is 0 Å². The summed E-state index contributed by atoms with van der Waals surface area (Å²) in [5.41, 5.74) is 7.75. The van der Waals surface area contributed by atoms with Crippen molar-refractivity contribution in [1.29, 1.82) is 0 Å². The van der Waals surface area contributed by atoms with Crippen molar-refractivity contribution in [2.75, 3.05) is 31.6 Å². The molecule has 130 valence electrons. The number of hydrogen-bond acceptors (Lipinski definition) is 3. The van der Waals surface area contributed by atoms with Crippen LogP contribution in [0.2, 0.25) is 0 Å². The maximum absolute atomic E-state index is 13.1. The first kappa shape index (κ1) is 16.6. The van der Waals surface area contributed by atoms with Gasteiger partial charge in [-0.05, 0) is 31.4 Å². The monoisotopic (exact) mass is 330 g/mol. The van der Waals surface area contributed by atoms with Gasteiger partial charge in [0, 0.05) is 45.0 Å². The van der Waals surface area contributed by atoms with Crippen LogP contribution in [0.1, 0.15) is 25.3 Å². The fraction of sp³-hybridized carbons (Fsp3) is 0.556. The Bertz CT molecular complexity index is 633. The van der Waals surface area contributed by atoms with Crippen molar-refractivity contribution in [1.82, 2.24) is 9.80 Å². The van der Waals surface area contributed by atoms with Gasteiger partial charge in [-0.1, -0.05) is 18.2 Å². The third kappa shape index (κ3) is 3.18. The number of nitrogens with two attached hydrogens (primary N) is 1. The Hall–Kier alpha value is -2.24. The molecule has 2 aliphatic rings. The predicted molar refractivity (Wildman–Crippen MR) is 93.6 cm³/mol. The zero-order chi connectivity index (χ0) is 17.3. The molecule has 1 aromatic carbocycles. The van der Waals surface area contributed by atoms with E-state index in [4.69, 9.17) is 5.73 Å². The average molecular weight is 330 g/mol. The zero-order valence-electron chi connectivity index (χ0n) is 14.4. The Kier molecular flexibility index (Phi) is 4.64. The number of anilines is 1. The second-order valence-electron chi connectivity index (χ2n) is 6.95. The third-order valence-electron chi connectivity index (χ3n) is 5.18. The van der Waals surface area contributed by atoms with E-state index in [1.54, 1.807) is 4.90 Å². The summed E-state index contributed by atoms with van der Waals surface area (Å²) in [7, 11) is 2.07. The molecule has 2 heterocycles. The summed E-state index contributed by atoms with van der Waals surface area (Å²) in [5.74, 6) is -0.0113. The molecule has 0 unspecified atom stereocenters. The van der Waals surface area contributed by atoms with Gasteiger partial charge in [-0.25, -0.2) is 4.79 Å². The third-order valence-corrected chi connectivity index (χ3v) is 5.18. The van der Waals surface area contributed by atoms with Gasteiger partial charge in [0.2, 0.25) is 5.91 Å². The van der Waals surface area contributed by atoms with Gasteiger partial charge in [0.05, 0.1) is 5.92 Å². The highest BCUT2D eigenvalue weighted by Gasteiger charge is 2.34. The Morgan fingerprint density at radius 3 is 2.71 bits per heavy atom. The lowest BCUT2D eigenvalue weighted by molar-refractivity contribution is -0.139. The molecule has 2 atom stereocenters. The van der Waals surface area contributed by atoms with Crippen molar-refractivity contribution in [2.24, 2.45) is 11.7 Å². The minimum Gasteiger partial charge on any atom is -0.372 e. The standard InChI is InChI=1S/C18H26N4O2/c1-13-10-20(2)16-8-4-3-6-14(16)12-22(13)17(23)15-7-5-9-21(11-15)18(19)24/h3-4,6,8,13,15H,5,7,9-12H2,1-2H3,(H2,19,24)/t13-,15+/m0/s1. The molecule has 1 aromatic rings. The summed E-state index contributed by atoms with van der Waals surface area (Å²) in [6.45, 7) is 4.60. The van der Waals surface area contributed by atoms with Crippen LogP contribution in [0.15, 0.2) is 24.3 Å². The van der Waals surface area contributed by atoms with Crippen LogP contribution in [0.4, 0.5) is 10.5 Å². The summed E-state index contributed by atoms with van der Waals surface area (Å²) in [6.07, 6.45) is 1.65. The van der Waals surface area contributed by atoms with Crippen LogP contribution in [-0.4, -0.2) is 54.5 Å². The number of rotatable bonds is 1. The van der Waals surface area contributed by atoms with E-state index < -0.39 is 6.03 Å². The maximum Gasteiger partial charge on any atom is 0.314 e. The van der Waals surface area contributed by atoms with Crippen molar-refractivity contribution in [3.8, 4) is 0 Å². The molecule has 24 heavy (non-hydrogen) atoms. The van der Waals surface area contributed by atoms with Gasteiger partial charge in [0.15, 0.2) is 0 Å². The van der Waals surface area contributed by atoms with E-state index in [1.165, 1.54) is 11.3 Å². The van der Waals surface area contributed by atoms with Gasteiger partial charge in [-0.2, -0.15) is 0 Å². The number of likely N-dealkylation sites (tertiary alicyclic amines) is 1. The molecule has 3 amide bonds. The van der Waals surface area contributed by atoms with Gasteiger partial charge in [-0.15, -0.1) is 0 Å². The summed E-state index contributed by atoms with van der Waals surface area (Å²) in [6, 6.07) is 7.93. The number of urea groups is 1.